The van der Waals surface area contributed by atoms with E-state index in [1.165, 1.54) is 0 Å². The predicted molar refractivity (Wildman–Crippen MR) is 61.8 cm³/mol. The zero-order valence-corrected chi connectivity index (χ0v) is 10.3. The van der Waals surface area contributed by atoms with Crippen LogP contribution < -0.4 is 5.32 Å². The van der Waals surface area contributed by atoms with Gasteiger partial charge in [-0.3, -0.25) is 9.35 Å². The van der Waals surface area contributed by atoms with Crippen molar-refractivity contribution in [3.05, 3.63) is 17.2 Å². The van der Waals surface area contributed by atoms with Gasteiger partial charge in [0.05, 0.1) is 11.8 Å². The molecule has 1 aromatic rings. The minimum absolute atomic E-state index is 0.118. The topological polar surface area (TPSA) is 127 Å². The highest BCUT2D eigenvalue weighted by atomic mass is 35.5. The van der Waals surface area contributed by atoms with Crippen LogP contribution in [0.15, 0.2) is 17.0 Å². The Hall–Kier alpha value is -1.82. The Balaban J connectivity index is 3.27. The van der Waals surface area contributed by atoms with Crippen LogP contribution in [0, 0.1) is 11.3 Å². The highest BCUT2D eigenvalue weighted by molar-refractivity contribution is 7.86. The molecule has 0 atom stereocenters. The Kier molecular flexibility index (Phi) is 4.13. The summed E-state index contributed by atoms with van der Waals surface area (Å²) in [5, 5.41) is 19.8. The maximum Gasteiger partial charge on any atom is 0.298 e. The van der Waals surface area contributed by atoms with Crippen LogP contribution in [0.2, 0.25) is 5.02 Å². The maximum absolute atomic E-state index is 11.1. The molecule has 1 aromatic carbocycles. The average molecular weight is 291 g/mol. The third-order valence-corrected chi connectivity index (χ3v) is 2.92. The van der Waals surface area contributed by atoms with Crippen molar-refractivity contribution in [3.8, 4) is 11.8 Å². The summed E-state index contributed by atoms with van der Waals surface area (Å²) in [4.78, 5) is 10.3. The zero-order valence-electron chi connectivity index (χ0n) is 8.71. The standard InChI is InChI=1S/C9H7ClN2O5S/c10-5-3-6(12-8(13)1-2-11)9(14)7(4-5)18(15,16)17/h3-4,14H,1H2,(H,12,13)(H,15,16,17). The van der Waals surface area contributed by atoms with E-state index in [1.807, 2.05) is 0 Å². The number of nitrogens with zero attached hydrogens (tertiary/aromatic N) is 1. The Morgan fingerprint density at radius 1 is 1.50 bits per heavy atom. The van der Waals surface area contributed by atoms with Crippen molar-refractivity contribution in [1.82, 2.24) is 0 Å². The van der Waals surface area contributed by atoms with Gasteiger partial charge < -0.3 is 10.4 Å². The number of carbonyl (C=O) groups is 1. The molecule has 0 bridgehead atoms. The van der Waals surface area contributed by atoms with Crippen molar-refractivity contribution in [2.24, 2.45) is 0 Å². The molecule has 0 heterocycles. The van der Waals surface area contributed by atoms with E-state index in [-0.39, 0.29) is 10.7 Å². The van der Waals surface area contributed by atoms with Gasteiger partial charge in [0.15, 0.2) is 5.75 Å². The fourth-order valence-electron chi connectivity index (χ4n) is 1.13. The number of phenolic OH excluding ortho intramolecular Hbond substituents is 1. The number of anilines is 1. The summed E-state index contributed by atoms with van der Waals surface area (Å²) in [6, 6.07) is 3.48. The van der Waals surface area contributed by atoms with Crippen molar-refractivity contribution in [3.63, 3.8) is 0 Å². The minimum atomic E-state index is -4.68. The second-order valence-corrected chi connectivity index (χ2v) is 4.98. The molecule has 0 aliphatic rings. The molecule has 0 saturated heterocycles. The molecular weight excluding hydrogens is 284 g/mol. The fourth-order valence-corrected chi connectivity index (χ4v) is 2.05. The number of nitriles is 1. The van der Waals surface area contributed by atoms with Gasteiger partial charge in [0.1, 0.15) is 11.3 Å². The average Bonchev–Trinajstić information content (AvgIpc) is 2.21. The molecule has 96 valence electrons. The molecule has 0 spiro atoms. The number of carbonyl (C=O) groups excluding carboxylic acids is 1. The van der Waals surface area contributed by atoms with E-state index >= 15 is 0 Å². The Bertz CT molecular complexity index is 635. The van der Waals surface area contributed by atoms with E-state index in [4.69, 9.17) is 21.4 Å². The molecule has 0 radical (unpaired) electrons. The number of benzene rings is 1. The molecule has 1 rings (SSSR count). The first kappa shape index (κ1) is 14.2. The third kappa shape index (κ3) is 3.33. The van der Waals surface area contributed by atoms with E-state index < -0.39 is 33.1 Å². The number of rotatable bonds is 3. The highest BCUT2D eigenvalue weighted by Crippen LogP contribution is 2.34. The fraction of sp³-hybridized carbons (Fsp3) is 0.111. The van der Waals surface area contributed by atoms with Gasteiger partial charge in [-0.1, -0.05) is 11.6 Å². The molecule has 0 aliphatic carbocycles. The van der Waals surface area contributed by atoms with E-state index in [0.717, 1.165) is 12.1 Å². The van der Waals surface area contributed by atoms with Gasteiger partial charge in [-0.05, 0) is 12.1 Å². The number of nitrogens with one attached hydrogen (secondary N) is 1. The molecule has 9 heteroatoms. The molecule has 0 saturated carbocycles. The van der Waals surface area contributed by atoms with Gasteiger partial charge in [-0.2, -0.15) is 13.7 Å². The molecule has 0 aliphatic heterocycles. The summed E-state index contributed by atoms with van der Waals surface area (Å²) in [7, 11) is -4.68. The van der Waals surface area contributed by atoms with Crippen molar-refractivity contribution < 1.29 is 22.9 Å². The SMILES string of the molecule is N#CCC(=O)Nc1cc(Cl)cc(S(=O)(=O)O)c1O. The second kappa shape index (κ2) is 5.22. The number of amides is 1. The molecule has 7 nitrogen and oxygen atoms in total. The Labute approximate surface area is 107 Å². The van der Waals surface area contributed by atoms with Crippen LogP contribution in [0.5, 0.6) is 5.75 Å². The van der Waals surface area contributed by atoms with Crippen LogP contribution in [-0.2, 0) is 14.9 Å². The summed E-state index contributed by atoms with van der Waals surface area (Å²) in [6.45, 7) is 0. The maximum atomic E-state index is 11.1. The third-order valence-electron chi connectivity index (χ3n) is 1.83. The normalized spacial score (nSPS) is 10.7. The molecular formula is C9H7ClN2O5S. The highest BCUT2D eigenvalue weighted by Gasteiger charge is 2.20. The molecule has 0 fully saturated rings. The molecule has 0 aromatic heterocycles. The first-order valence-corrected chi connectivity index (χ1v) is 6.24. The summed E-state index contributed by atoms with van der Waals surface area (Å²) in [5.74, 6) is -1.61. The lowest BCUT2D eigenvalue weighted by molar-refractivity contribution is -0.115. The van der Waals surface area contributed by atoms with Crippen LogP contribution in [0.3, 0.4) is 0 Å². The van der Waals surface area contributed by atoms with Crippen LogP contribution in [0.25, 0.3) is 0 Å². The van der Waals surface area contributed by atoms with Crippen molar-refractivity contribution in [2.75, 3.05) is 5.32 Å². The Morgan fingerprint density at radius 2 is 2.11 bits per heavy atom. The van der Waals surface area contributed by atoms with Gasteiger partial charge in [-0.15, -0.1) is 0 Å². The van der Waals surface area contributed by atoms with Gasteiger partial charge in [0, 0.05) is 5.02 Å². The zero-order chi connectivity index (χ0) is 13.9. The first-order valence-electron chi connectivity index (χ1n) is 4.42. The lowest BCUT2D eigenvalue weighted by atomic mass is 10.3. The van der Waals surface area contributed by atoms with E-state index in [1.54, 1.807) is 6.07 Å². The van der Waals surface area contributed by atoms with Crippen LogP contribution >= 0.6 is 11.6 Å². The second-order valence-electron chi connectivity index (χ2n) is 3.16. The summed E-state index contributed by atoms with van der Waals surface area (Å²) < 4.78 is 30.7. The molecule has 1 amide bonds. The first-order chi connectivity index (χ1) is 8.25. The largest absolute Gasteiger partial charge is 0.504 e. The minimum Gasteiger partial charge on any atom is -0.504 e. The summed E-state index contributed by atoms with van der Waals surface area (Å²) >= 11 is 5.59. The lowest BCUT2D eigenvalue weighted by Crippen LogP contribution is -2.11. The van der Waals surface area contributed by atoms with Crippen LogP contribution in [0.4, 0.5) is 5.69 Å². The van der Waals surface area contributed by atoms with Gasteiger partial charge in [0.2, 0.25) is 5.91 Å². The predicted octanol–water partition coefficient (Wildman–Crippen LogP) is 1.14. The van der Waals surface area contributed by atoms with Gasteiger partial charge in [0.25, 0.3) is 10.1 Å². The van der Waals surface area contributed by atoms with Crippen LogP contribution in [-0.4, -0.2) is 24.0 Å². The van der Waals surface area contributed by atoms with Crippen molar-refractivity contribution >= 4 is 33.3 Å². The summed E-state index contributed by atoms with van der Waals surface area (Å²) in [6.07, 6.45) is -0.479. The van der Waals surface area contributed by atoms with E-state index in [9.17, 15) is 18.3 Å². The van der Waals surface area contributed by atoms with Gasteiger partial charge >= 0.3 is 0 Å². The van der Waals surface area contributed by atoms with Crippen molar-refractivity contribution in [1.29, 1.82) is 5.26 Å². The van der Waals surface area contributed by atoms with Crippen LogP contribution in [0.1, 0.15) is 6.42 Å². The van der Waals surface area contributed by atoms with Gasteiger partial charge in [-0.25, -0.2) is 0 Å². The van der Waals surface area contributed by atoms with E-state index in [2.05, 4.69) is 5.32 Å². The summed E-state index contributed by atoms with van der Waals surface area (Å²) in [5.41, 5.74) is -0.310. The van der Waals surface area contributed by atoms with Crippen molar-refractivity contribution in [2.45, 2.75) is 11.3 Å². The monoisotopic (exact) mass is 290 g/mol. The number of hydrogen-bond acceptors (Lipinski definition) is 5. The molecule has 3 N–H and O–H groups in total. The smallest absolute Gasteiger partial charge is 0.298 e. The number of halogens is 1. The quantitative estimate of drug-likeness (QED) is 0.566. The number of phenols is 1. The van der Waals surface area contributed by atoms with E-state index in [0.29, 0.717) is 0 Å². The molecule has 0 unspecified atom stereocenters. The number of aromatic hydroxyl groups is 1. The number of hydrogen-bond donors (Lipinski definition) is 3. The lowest BCUT2D eigenvalue weighted by Gasteiger charge is -2.09. The molecule has 18 heavy (non-hydrogen) atoms. The Morgan fingerprint density at radius 3 is 2.61 bits per heavy atom.